The van der Waals surface area contributed by atoms with Gasteiger partial charge in [0.05, 0.1) is 5.71 Å². The van der Waals surface area contributed by atoms with Crippen molar-refractivity contribution >= 4 is 33.0 Å². The van der Waals surface area contributed by atoms with Crippen LogP contribution in [0.1, 0.15) is 11.1 Å². The molecule has 25 heavy (non-hydrogen) atoms. The van der Waals surface area contributed by atoms with Gasteiger partial charge >= 0.3 is 0 Å². The molecule has 0 saturated carbocycles. The Morgan fingerprint density at radius 1 is 0.640 bits per heavy atom. The molecule has 0 aliphatic heterocycles. The molecule has 0 heterocycles. The molecule has 0 unspecified atom stereocenters. The topological polar surface area (TPSA) is 49.9 Å². The summed E-state index contributed by atoms with van der Waals surface area (Å²) in [5, 5.41) is 13.0. The lowest BCUT2D eigenvalue weighted by molar-refractivity contribution is 1.48. The zero-order valence-corrected chi connectivity index (χ0v) is 13.7. The van der Waals surface area contributed by atoms with E-state index < -0.39 is 0 Å². The lowest BCUT2D eigenvalue weighted by atomic mass is 10.0. The second-order valence-corrected chi connectivity index (χ2v) is 6.14. The molecular weight excluding hydrogens is 304 g/mol. The first-order valence-corrected chi connectivity index (χ1v) is 8.25. The molecule has 0 radical (unpaired) electrons. The van der Waals surface area contributed by atoms with Gasteiger partial charge in [-0.3, -0.25) is 0 Å². The van der Waals surface area contributed by atoms with Crippen molar-refractivity contribution in [2.75, 3.05) is 0 Å². The van der Waals surface area contributed by atoms with Gasteiger partial charge in [-0.15, -0.1) is 0 Å². The van der Waals surface area contributed by atoms with Crippen LogP contribution >= 0.6 is 0 Å². The molecule has 0 amide bonds. The smallest absolute Gasteiger partial charge is 0.0633 e. The number of allylic oxidation sites excluding steroid dienone is 1. The maximum absolute atomic E-state index is 8.39. The quantitative estimate of drug-likeness (QED) is 0.490. The zero-order chi connectivity index (χ0) is 17.2. The molecule has 0 spiro atoms. The Balaban J connectivity index is 1.68. The number of hydrogen-bond acceptors (Lipinski definition) is 2. The molecule has 0 fully saturated rings. The first kappa shape index (κ1) is 15.2. The van der Waals surface area contributed by atoms with Crippen LogP contribution in [0, 0.1) is 5.41 Å². The Hall–Kier alpha value is -3.39. The van der Waals surface area contributed by atoms with E-state index in [4.69, 9.17) is 11.1 Å². The van der Waals surface area contributed by atoms with Crippen LogP contribution in [-0.2, 0) is 0 Å². The number of rotatable bonds is 3. The van der Waals surface area contributed by atoms with Crippen LogP contribution in [0.15, 0.2) is 91.0 Å². The van der Waals surface area contributed by atoms with E-state index in [1.807, 2.05) is 48.5 Å². The minimum absolute atomic E-state index is 0.413. The van der Waals surface area contributed by atoms with E-state index >= 15 is 0 Å². The van der Waals surface area contributed by atoms with Crippen LogP contribution in [0.5, 0.6) is 0 Å². The summed E-state index contributed by atoms with van der Waals surface area (Å²) in [4.78, 5) is 0. The Bertz CT molecular complexity index is 1120. The average molecular weight is 322 g/mol. The summed E-state index contributed by atoms with van der Waals surface area (Å²) in [5.41, 5.74) is 9.07. The van der Waals surface area contributed by atoms with Gasteiger partial charge in [-0.1, -0.05) is 72.8 Å². The number of benzene rings is 4. The van der Waals surface area contributed by atoms with Crippen LogP contribution < -0.4 is 5.73 Å². The third-order valence-corrected chi connectivity index (χ3v) is 4.44. The third kappa shape index (κ3) is 3.02. The highest BCUT2D eigenvalue weighted by Gasteiger charge is 2.04. The summed E-state index contributed by atoms with van der Waals surface area (Å²) in [5.74, 6) is 0. The minimum atomic E-state index is 0.413. The van der Waals surface area contributed by atoms with Crippen molar-refractivity contribution in [1.82, 2.24) is 0 Å². The number of hydrogen-bond donors (Lipinski definition) is 2. The van der Waals surface area contributed by atoms with Crippen molar-refractivity contribution < 1.29 is 0 Å². The molecule has 2 nitrogen and oxygen atoms in total. The van der Waals surface area contributed by atoms with Gasteiger partial charge < -0.3 is 11.1 Å². The van der Waals surface area contributed by atoms with Crippen molar-refractivity contribution in [2.24, 2.45) is 5.73 Å². The number of fused-ring (bicyclic) bond motifs is 2. The van der Waals surface area contributed by atoms with E-state index in [0.717, 1.165) is 21.9 Å². The van der Waals surface area contributed by atoms with E-state index in [0.29, 0.717) is 11.4 Å². The Kier molecular flexibility index (Phi) is 3.79. The summed E-state index contributed by atoms with van der Waals surface area (Å²) in [6.07, 6.45) is 1.73. The van der Waals surface area contributed by atoms with Gasteiger partial charge in [0.1, 0.15) is 0 Å². The molecule has 4 aromatic rings. The van der Waals surface area contributed by atoms with Crippen LogP contribution in [0.3, 0.4) is 0 Å². The van der Waals surface area contributed by atoms with E-state index in [-0.39, 0.29) is 0 Å². The molecule has 4 aromatic carbocycles. The molecule has 120 valence electrons. The summed E-state index contributed by atoms with van der Waals surface area (Å²) in [6, 6.07) is 28.5. The van der Waals surface area contributed by atoms with Gasteiger partial charge in [0.15, 0.2) is 0 Å². The maximum Gasteiger partial charge on any atom is 0.0633 e. The summed E-state index contributed by atoms with van der Waals surface area (Å²) < 4.78 is 0. The fourth-order valence-corrected chi connectivity index (χ4v) is 3.05. The molecule has 0 aliphatic carbocycles. The standard InChI is InChI=1S/C23H18N2/c24-22(20-11-9-16-5-1-3-7-18(16)13-20)15-23(25)21-12-10-17-6-2-4-8-19(17)14-21/h1-15,24H,25H2/b23-15-,24-22?. The largest absolute Gasteiger partial charge is 0.398 e. The molecule has 0 aliphatic rings. The summed E-state index contributed by atoms with van der Waals surface area (Å²) in [6.45, 7) is 0. The number of nitrogens with one attached hydrogen (secondary N) is 1. The molecule has 0 saturated heterocycles. The van der Waals surface area contributed by atoms with Crippen LogP contribution in [0.4, 0.5) is 0 Å². The van der Waals surface area contributed by atoms with Crippen LogP contribution in [0.2, 0.25) is 0 Å². The maximum atomic E-state index is 8.39. The molecular formula is C23H18N2. The monoisotopic (exact) mass is 322 g/mol. The van der Waals surface area contributed by atoms with Crippen LogP contribution in [0.25, 0.3) is 27.2 Å². The predicted octanol–water partition coefficient (Wildman–Crippen LogP) is 5.36. The molecule has 0 aromatic heterocycles. The highest BCUT2D eigenvalue weighted by molar-refractivity contribution is 6.11. The molecule has 3 N–H and O–H groups in total. The second kappa shape index (κ2) is 6.25. The van der Waals surface area contributed by atoms with E-state index in [1.165, 1.54) is 10.8 Å². The summed E-state index contributed by atoms with van der Waals surface area (Å²) >= 11 is 0. The normalized spacial score (nSPS) is 11.8. The average Bonchev–Trinajstić information content (AvgIpc) is 2.67. The molecule has 2 heteroatoms. The second-order valence-electron chi connectivity index (χ2n) is 6.14. The van der Waals surface area contributed by atoms with Crippen molar-refractivity contribution in [3.05, 3.63) is 102 Å². The van der Waals surface area contributed by atoms with Gasteiger partial charge in [-0.2, -0.15) is 0 Å². The van der Waals surface area contributed by atoms with Gasteiger partial charge in [-0.25, -0.2) is 0 Å². The SMILES string of the molecule is N=C(/C=C(\N)c1ccc2ccccc2c1)c1ccc2ccccc2c1. The first-order chi connectivity index (χ1) is 12.2. The lowest BCUT2D eigenvalue weighted by Gasteiger charge is -2.06. The van der Waals surface area contributed by atoms with Crippen molar-refractivity contribution in [1.29, 1.82) is 5.41 Å². The fraction of sp³-hybridized carbons (Fsp3) is 0. The van der Waals surface area contributed by atoms with E-state index in [9.17, 15) is 0 Å². The Morgan fingerprint density at radius 3 is 1.72 bits per heavy atom. The van der Waals surface area contributed by atoms with Crippen LogP contribution in [-0.4, -0.2) is 5.71 Å². The molecule has 4 rings (SSSR count). The zero-order valence-electron chi connectivity index (χ0n) is 13.7. The number of nitrogens with two attached hydrogens (primary N) is 1. The lowest BCUT2D eigenvalue weighted by Crippen LogP contribution is -2.02. The van der Waals surface area contributed by atoms with E-state index in [2.05, 4.69) is 36.4 Å². The summed E-state index contributed by atoms with van der Waals surface area (Å²) in [7, 11) is 0. The van der Waals surface area contributed by atoms with Crippen molar-refractivity contribution in [3.63, 3.8) is 0 Å². The highest BCUT2D eigenvalue weighted by atomic mass is 14.6. The van der Waals surface area contributed by atoms with Gasteiger partial charge in [-0.05, 0) is 45.3 Å². The molecule has 0 atom stereocenters. The van der Waals surface area contributed by atoms with Gasteiger partial charge in [0.2, 0.25) is 0 Å². The third-order valence-electron chi connectivity index (χ3n) is 4.44. The minimum Gasteiger partial charge on any atom is -0.398 e. The predicted molar refractivity (Wildman–Crippen MR) is 107 cm³/mol. The Morgan fingerprint density at radius 2 is 1.12 bits per heavy atom. The first-order valence-electron chi connectivity index (χ1n) is 8.25. The highest BCUT2D eigenvalue weighted by Crippen LogP contribution is 2.20. The van der Waals surface area contributed by atoms with Crippen molar-refractivity contribution in [2.45, 2.75) is 0 Å². The fourth-order valence-electron chi connectivity index (χ4n) is 3.05. The van der Waals surface area contributed by atoms with Gasteiger partial charge in [0.25, 0.3) is 0 Å². The van der Waals surface area contributed by atoms with E-state index in [1.54, 1.807) is 6.08 Å². The molecule has 0 bridgehead atoms. The van der Waals surface area contributed by atoms with Crippen molar-refractivity contribution in [3.8, 4) is 0 Å². The van der Waals surface area contributed by atoms with Gasteiger partial charge in [0, 0.05) is 11.3 Å². The Labute approximate surface area is 146 Å².